The van der Waals surface area contributed by atoms with Crippen LogP contribution in [0.25, 0.3) is 11.2 Å². The van der Waals surface area contributed by atoms with Crippen LogP contribution in [0, 0.1) is 0 Å². The predicted molar refractivity (Wildman–Crippen MR) is 133 cm³/mol. The monoisotopic (exact) mass is 546 g/mol. The number of nitrogens with zero attached hydrogens (tertiary/aromatic N) is 4. The number of nitrogens with two attached hydrogens (primary N) is 1. The van der Waals surface area contributed by atoms with Crippen molar-refractivity contribution in [3.63, 3.8) is 0 Å². The molecule has 1 aromatic carbocycles. The van der Waals surface area contributed by atoms with Gasteiger partial charge in [-0.3, -0.25) is 4.57 Å². The van der Waals surface area contributed by atoms with Crippen molar-refractivity contribution in [3.8, 4) is 5.88 Å². The highest BCUT2D eigenvalue weighted by Crippen LogP contribution is 2.48. The minimum atomic E-state index is -2.63. The molecule has 0 spiro atoms. The summed E-state index contributed by atoms with van der Waals surface area (Å²) in [7, 11) is -1.87. The third kappa shape index (κ3) is 4.96. The highest BCUT2D eigenvalue weighted by Gasteiger charge is 2.64. The van der Waals surface area contributed by atoms with Crippen LogP contribution in [0.2, 0.25) is 0 Å². The maximum atomic E-state index is 12.3. The highest BCUT2D eigenvalue weighted by molar-refractivity contribution is 7.33. The van der Waals surface area contributed by atoms with Crippen molar-refractivity contribution in [2.75, 3.05) is 32.7 Å². The Morgan fingerprint density at radius 2 is 2.05 bits per heavy atom. The first kappa shape index (κ1) is 26.4. The van der Waals surface area contributed by atoms with E-state index in [1.54, 1.807) is 11.5 Å². The fourth-order valence-corrected chi connectivity index (χ4v) is 5.10. The summed E-state index contributed by atoms with van der Waals surface area (Å²) in [4.78, 5) is 24.3. The number of hydrogen-bond acceptors (Lipinski definition) is 13. The molecule has 2 N–H and O–H groups in total. The molecule has 4 heterocycles. The minimum Gasteiger partial charge on any atom is -0.479 e. The second-order valence-corrected chi connectivity index (χ2v) is 9.60. The van der Waals surface area contributed by atoms with Crippen LogP contribution >= 0.6 is 8.25 Å². The van der Waals surface area contributed by atoms with E-state index < -0.39 is 52.0 Å². The fourth-order valence-electron chi connectivity index (χ4n) is 4.55. The maximum Gasteiger partial charge on any atom is 0.698 e. The Bertz CT molecular complexity index is 1330. The molecule has 2 saturated heterocycles. The first-order valence-electron chi connectivity index (χ1n) is 11.8. The number of rotatable bonds is 10. The molecule has 0 bridgehead atoms. The van der Waals surface area contributed by atoms with Gasteiger partial charge in [0.2, 0.25) is 18.4 Å². The molecule has 2 aromatic heterocycles. The molecule has 3 aromatic rings. The Balaban J connectivity index is 1.41. The molecule has 0 saturated carbocycles. The van der Waals surface area contributed by atoms with Gasteiger partial charge in [0.1, 0.15) is 24.4 Å². The number of nitrogen functional groups attached to an aromatic ring is 1. The molecule has 200 valence electrons. The van der Waals surface area contributed by atoms with Gasteiger partial charge in [-0.05, 0) is 19.3 Å². The molecule has 5 unspecified atom stereocenters. The lowest BCUT2D eigenvalue weighted by Gasteiger charge is -2.29. The minimum absolute atomic E-state index is 0.00261. The van der Waals surface area contributed by atoms with E-state index in [0.717, 1.165) is 5.46 Å². The molecule has 5 rings (SSSR count). The first-order chi connectivity index (χ1) is 18.3. The number of esters is 1. The summed E-state index contributed by atoms with van der Waals surface area (Å²) in [6.07, 6.45) is -0.649. The summed E-state index contributed by atoms with van der Waals surface area (Å²) >= 11 is 0. The second-order valence-electron chi connectivity index (χ2n) is 8.64. The van der Waals surface area contributed by atoms with E-state index in [1.807, 2.05) is 37.3 Å². The number of carbonyl (C=O) groups is 1. The number of fused-ring (bicyclic) bond motifs is 2. The smallest absolute Gasteiger partial charge is 0.479 e. The van der Waals surface area contributed by atoms with E-state index in [9.17, 15) is 9.36 Å². The number of ether oxygens (including phenoxy) is 3. The van der Waals surface area contributed by atoms with Gasteiger partial charge in [-0.15, -0.1) is 9.05 Å². The molecular weight excluding hydrogens is 520 g/mol. The highest BCUT2D eigenvalue weighted by atomic mass is 31.1. The Morgan fingerprint density at radius 3 is 2.79 bits per heavy atom. The van der Waals surface area contributed by atoms with E-state index in [1.165, 1.54) is 13.4 Å². The van der Waals surface area contributed by atoms with Crippen LogP contribution < -0.4 is 15.9 Å². The molecule has 0 aliphatic carbocycles. The van der Waals surface area contributed by atoms with Crippen LogP contribution in [0.5, 0.6) is 5.88 Å². The lowest BCUT2D eigenvalue weighted by atomic mass is 9.79. The molecule has 2 aliphatic heterocycles. The SMILES string of the molecule is CCOC(=O)CO[P+](=O)OCC1OC(n2cnc3c(OC)nc(N)nc32)C2(C)OB(c3ccccc3)OC12. The summed E-state index contributed by atoms with van der Waals surface area (Å²) in [6.45, 7) is 3.01. The summed E-state index contributed by atoms with van der Waals surface area (Å²) in [5.74, 6) is -0.435. The summed E-state index contributed by atoms with van der Waals surface area (Å²) in [5, 5.41) is 0. The van der Waals surface area contributed by atoms with Crippen molar-refractivity contribution in [3.05, 3.63) is 36.7 Å². The van der Waals surface area contributed by atoms with Crippen LogP contribution in [0.3, 0.4) is 0 Å². The largest absolute Gasteiger partial charge is 0.698 e. The van der Waals surface area contributed by atoms with E-state index >= 15 is 0 Å². The topological polar surface area (TPSA) is 168 Å². The molecule has 16 heteroatoms. The van der Waals surface area contributed by atoms with E-state index in [2.05, 4.69) is 15.0 Å². The van der Waals surface area contributed by atoms with Crippen molar-refractivity contribution < 1.29 is 41.9 Å². The fraction of sp³-hybridized carbons (Fsp3) is 0.455. The van der Waals surface area contributed by atoms with Gasteiger partial charge in [-0.1, -0.05) is 30.3 Å². The number of imidazole rings is 1. The number of hydrogen-bond donors (Lipinski definition) is 1. The van der Waals surface area contributed by atoms with Crippen LogP contribution in [-0.4, -0.2) is 77.3 Å². The van der Waals surface area contributed by atoms with E-state index in [4.69, 9.17) is 38.3 Å². The molecule has 2 aliphatic rings. The Morgan fingerprint density at radius 1 is 1.26 bits per heavy atom. The third-order valence-corrected chi connectivity index (χ3v) is 6.89. The predicted octanol–water partition coefficient (Wildman–Crippen LogP) is 1.14. The van der Waals surface area contributed by atoms with Crippen molar-refractivity contribution in [1.29, 1.82) is 0 Å². The van der Waals surface area contributed by atoms with E-state index in [-0.39, 0.29) is 25.0 Å². The van der Waals surface area contributed by atoms with Crippen LogP contribution in [-0.2, 0) is 37.2 Å². The normalized spacial score (nSPS) is 25.0. The third-order valence-electron chi connectivity index (χ3n) is 6.19. The quantitative estimate of drug-likeness (QED) is 0.219. The number of aromatic nitrogens is 4. The van der Waals surface area contributed by atoms with Crippen LogP contribution in [0.15, 0.2) is 36.7 Å². The van der Waals surface area contributed by atoms with Gasteiger partial charge in [-0.25, -0.2) is 9.78 Å². The standard InChI is InChI=1S/C22H26BN5O9P/c1-4-32-15(29)11-34-38(30)33-10-14-17-22(2,37-23(36-17)13-8-6-5-7-9-13)20(35-14)28-12-25-16-18(28)26-21(24)27-19(16)31-3/h5-9,12,14,17,20H,4,10-11H2,1-3H3,(H2,24,26,27)/q+1. The van der Waals surface area contributed by atoms with Crippen molar-refractivity contribution in [2.45, 2.75) is 37.9 Å². The Labute approximate surface area is 218 Å². The zero-order valence-electron chi connectivity index (χ0n) is 20.9. The van der Waals surface area contributed by atoms with Gasteiger partial charge < -0.3 is 29.3 Å². The molecular formula is C22H26BN5O9P+. The molecule has 38 heavy (non-hydrogen) atoms. The summed E-state index contributed by atoms with van der Waals surface area (Å²) in [6, 6.07) is 9.44. The molecule has 14 nitrogen and oxygen atoms in total. The number of carbonyl (C=O) groups excluding carboxylic acids is 1. The molecule has 2 fully saturated rings. The van der Waals surface area contributed by atoms with Gasteiger partial charge >= 0.3 is 21.3 Å². The Kier molecular flexibility index (Phi) is 7.57. The Hall–Kier alpha value is -3.20. The van der Waals surface area contributed by atoms with Gasteiger partial charge in [0.05, 0.1) is 20.0 Å². The van der Waals surface area contributed by atoms with Gasteiger partial charge in [0, 0.05) is 4.57 Å². The van der Waals surface area contributed by atoms with Crippen molar-refractivity contribution in [1.82, 2.24) is 19.5 Å². The van der Waals surface area contributed by atoms with Gasteiger partial charge in [0.25, 0.3) is 0 Å². The zero-order chi connectivity index (χ0) is 26.9. The molecule has 0 radical (unpaired) electrons. The second kappa shape index (κ2) is 10.9. The maximum absolute atomic E-state index is 12.3. The first-order valence-corrected chi connectivity index (χ1v) is 12.9. The zero-order valence-corrected chi connectivity index (χ0v) is 21.8. The average molecular weight is 546 g/mol. The molecule has 5 atom stereocenters. The molecule has 0 amide bonds. The summed E-state index contributed by atoms with van der Waals surface area (Å²) < 4.78 is 53.4. The number of methoxy groups -OCH3 is 1. The van der Waals surface area contributed by atoms with Crippen LogP contribution in [0.4, 0.5) is 5.95 Å². The van der Waals surface area contributed by atoms with E-state index in [0.29, 0.717) is 11.2 Å². The number of benzene rings is 1. The van der Waals surface area contributed by atoms with Crippen molar-refractivity contribution >= 4 is 43.9 Å². The van der Waals surface area contributed by atoms with Gasteiger partial charge in [0.15, 0.2) is 17.4 Å². The summed E-state index contributed by atoms with van der Waals surface area (Å²) in [5.41, 5.74) is 6.43. The van der Waals surface area contributed by atoms with Gasteiger partial charge in [-0.2, -0.15) is 9.97 Å². The van der Waals surface area contributed by atoms with Crippen molar-refractivity contribution in [2.24, 2.45) is 0 Å². The average Bonchev–Trinajstić information content (AvgIpc) is 3.56. The number of anilines is 1. The lowest BCUT2D eigenvalue weighted by molar-refractivity contribution is -0.145. The lowest BCUT2D eigenvalue weighted by Crippen LogP contribution is -2.42. The van der Waals surface area contributed by atoms with Crippen LogP contribution in [0.1, 0.15) is 20.1 Å².